The normalized spacial score (nSPS) is 11.8. The first-order chi connectivity index (χ1) is 26.3. The highest BCUT2D eigenvalue weighted by Crippen LogP contribution is 2.48. The van der Waals surface area contributed by atoms with Gasteiger partial charge in [0.2, 0.25) is 0 Å². The van der Waals surface area contributed by atoms with Crippen LogP contribution in [0.5, 0.6) is 0 Å². The van der Waals surface area contributed by atoms with Crippen LogP contribution in [-0.4, -0.2) is 0 Å². The Morgan fingerprint density at radius 1 is 0.321 bits per heavy atom. The molecule has 53 heavy (non-hydrogen) atoms. The van der Waals surface area contributed by atoms with Gasteiger partial charge in [0.1, 0.15) is 11.2 Å². The van der Waals surface area contributed by atoms with Crippen molar-refractivity contribution in [1.82, 2.24) is 0 Å². The van der Waals surface area contributed by atoms with Crippen LogP contribution < -0.4 is 4.90 Å². The summed E-state index contributed by atoms with van der Waals surface area (Å²) in [5.74, 6) is 0. The van der Waals surface area contributed by atoms with Crippen LogP contribution in [0.2, 0.25) is 0 Å². The van der Waals surface area contributed by atoms with Crippen molar-refractivity contribution in [2.45, 2.75) is 0 Å². The van der Waals surface area contributed by atoms with Gasteiger partial charge < -0.3 is 13.7 Å². The molecular formula is C50H31NO2. The first kappa shape index (κ1) is 29.6. The molecule has 0 amide bonds. The van der Waals surface area contributed by atoms with Gasteiger partial charge >= 0.3 is 0 Å². The Hall–Kier alpha value is -7.10. The van der Waals surface area contributed by atoms with Gasteiger partial charge in [0.05, 0.1) is 11.4 Å². The molecule has 0 aliphatic carbocycles. The van der Waals surface area contributed by atoms with E-state index < -0.39 is 0 Å². The summed E-state index contributed by atoms with van der Waals surface area (Å²) in [4.78, 5) is 2.31. The molecule has 11 aromatic rings. The van der Waals surface area contributed by atoms with Gasteiger partial charge in [-0.3, -0.25) is 0 Å². The number of benzene rings is 9. The summed E-state index contributed by atoms with van der Waals surface area (Å²) < 4.78 is 13.7. The number of hydrogen-bond acceptors (Lipinski definition) is 3. The molecule has 0 aliphatic rings. The maximum absolute atomic E-state index is 6.84. The second kappa shape index (κ2) is 11.7. The molecule has 0 aliphatic heterocycles. The number of fused-ring (bicyclic) bond motifs is 10. The Balaban J connectivity index is 1.16. The van der Waals surface area contributed by atoms with E-state index in [9.17, 15) is 0 Å². The zero-order valence-corrected chi connectivity index (χ0v) is 28.7. The Labute approximate surface area is 305 Å². The minimum Gasteiger partial charge on any atom is -0.454 e. The third kappa shape index (κ3) is 4.68. The molecule has 2 aromatic heterocycles. The van der Waals surface area contributed by atoms with Crippen molar-refractivity contribution in [2.75, 3.05) is 4.90 Å². The topological polar surface area (TPSA) is 29.5 Å². The lowest BCUT2D eigenvalue weighted by Gasteiger charge is -2.26. The molecular weight excluding hydrogens is 647 g/mol. The van der Waals surface area contributed by atoms with E-state index in [1.165, 1.54) is 32.7 Å². The van der Waals surface area contributed by atoms with Crippen molar-refractivity contribution in [1.29, 1.82) is 0 Å². The minimum absolute atomic E-state index is 0.829. The summed E-state index contributed by atoms with van der Waals surface area (Å²) >= 11 is 0. The second-order valence-corrected chi connectivity index (χ2v) is 13.7. The Morgan fingerprint density at radius 2 is 0.774 bits per heavy atom. The molecule has 248 valence electrons. The number of nitrogens with zero attached hydrogens (tertiary/aromatic N) is 1. The first-order valence-corrected chi connectivity index (χ1v) is 18.0. The lowest BCUT2D eigenvalue weighted by Crippen LogP contribution is -2.10. The Morgan fingerprint density at radius 3 is 1.36 bits per heavy atom. The van der Waals surface area contributed by atoms with Gasteiger partial charge in [-0.05, 0) is 80.2 Å². The lowest BCUT2D eigenvalue weighted by atomic mass is 9.99. The summed E-state index contributed by atoms with van der Waals surface area (Å²) in [5, 5.41) is 9.15. The fraction of sp³-hybridized carbons (Fsp3) is 0. The molecule has 0 spiro atoms. The van der Waals surface area contributed by atoms with Crippen LogP contribution in [0.15, 0.2) is 197 Å². The molecule has 0 atom stereocenters. The van der Waals surface area contributed by atoms with Crippen molar-refractivity contribution >= 4 is 82.5 Å². The number of para-hydroxylation sites is 2. The molecule has 3 nitrogen and oxygen atoms in total. The highest BCUT2D eigenvalue weighted by molar-refractivity contribution is 6.23. The van der Waals surface area contributed by atoms with Crippen LogP contribution in [0.4, 0.5) is 17.1 Å². The molecule has 0 bridgehead atoms. The van der Waals surface area contributed by atoms with Gasteiger partial charge in [0, 0.05) is 27.2 Å². The molecule has 0 fully saturated rings. The van der Waals surface area contributed by atoms with Gasteiger partial charge in [0.15, 0.2) is 11.2 Å². The standard InChI is InChI=1S/C50H31NO2/c1-2-11-32(12-3-1)33-23-25-34(26-24-33)37-15-8-16-38(31-37)51(43-21-9-19-41-47-39-17-6-4-13-35(39)27-29-45(47)52-49(41)43)44-22-10-20-42-48-40-18-7-5-14-36(40)28-30-46(48)53-50(42)44/h1-31H. The maximum Gasteiger partial charge on any atom is 0.159 e. The predicted octanol–water partition coefficient (Wildman–Crippen LogP) is 14.6. The number of furan rings is 2. The summed E-state index contributed by atoms with van der Waals surface area (Å²) in [5.41, 5.74) is 11.0. The van der Waals surface area contributed by atoms with Gasteiger partial charge in [-0.15, -0.1) is 0 Å². The molecule has 0 saturated carbocycles. The summed E-state index contributed by atoms with van der Waals surface area (Å²) in [6.45, 7) is 0. The average molecular weight is 678 g/mol. The quantitative estimate of drug-likeness (QED) is 0.182. The van der Waals surface area contributed by atoms with Crippen LogP contribution in [0.25, 0.3) is 87.7 Å². The average Bonchev–Trinajstić information content (AvgIpc) is 3.82. The number of anilines is 3. The molecule has 9 aromatic carbocycles. The minimum atomic E-state index is 0.829. The van der Waals surface area contributed by atoms with E-state index >= 15 is 0 Å². The highest BCUT2D eigenvalue weighted by atomic mass is 16.3. The Bertz CT molecular complexity index is 3020. The van der Waals surface area contributed by atoms with Crippen molar-refractivity contribution < 1.29 is 8.83 Å². The molecule has 3 heteroatoms. The molecule has 0 saturated heterocycles. The van der Waals surface area contributed by atoms with E-state index in [0.717, 1.165) is 72.1 Å². The summed E-state index contributed by atoms with van der Waals surface area (Å²) in [7, 11) is 0. The van der Waals surface area contributed by atoms with Crippen molar-refractivity contribution in [3.05, 3.63) is 188 Å². The zero-order chi connectivity index (χ0) is 34.9. The van der Waals surface area contributed by atoms with Crippen molar-refractivity contribution in [3.8, 4) is 22.3 Å². The first-order valence-electron chi connectivity index (χ1n) is 18.0. The van der Waals surface area contributed by atoms with E-state index in [-0.39, 0.29) is 0 Å². The third-order valence-corrected chi connectivity index (χ3v) is 10.6. The van der Waals surface area contributed by atoms with E-state index in [0.29, 0.717) is 0 Å². The van der Waals surface area contributed by atoms with Crippen LogP contribution in [0.3, 0.4) is 0 Å². The van der Waals surface area contributed by atoms with E-state index in [1.54, 1.807) is 0 Å². The molecule has 0 radical (unpaired) electrons. The maximum atomic E-state index is 6.84. The number of hydrogen-bond donors (Lipinski definition) is 0. The van der Waals surface area contributed by atoms with E-state index in [2.05, 4.69) is 193 Å². The largest absolute Gasteiger partial charge is 0.454 e. The van der Waals surface area contributed by atoms with Gasteiger partial charge in [-0.1, -0.05) is 152 Å². The molecule has 0 N–H and O–H groups in total. The SMILES string of the molecule is c1ccc(-c2ccc(-c3cccc(N(c4cccc5c4oc4ccc6ccccc6c45)c4cccc5c4oc4ccc6ccccc6c45)c3)cc2)cc1. The molecule has 2 heterocycles. The fourth-order valence-corrected chi connectivity index (χ4v) is 8.18. The van der Waals surface area contributed by atoms with Crippen LogP contribution in [-0.2, 0) is 0 Å². The van der Waals surface area contributed by atoms with Gasteiger partial charge in [-0.2, -0.15) is 0 Å². The number of rotatable bonds is 5. The van der Waals surface area contributed by atoms with Crippen LogP contribution >= 0.6 is 0 Å². The Kier molecular flexibility index (Phi) is 6.55. The fourth-order valence-electron chi connectivity index (χ4n) is 8.18. The van der Waals surface area contributed by atoms with Crippen LogP contribution in [0.1, 0.15) is 0 Å². The second-order valence-electron chi connectivity index (χ2n) is 13.7. The van der Waals surface area contributed by atoms with E-state index in [4.69, 9.17) is 8.83 Å². The third-order valence-electron chi connectivity index (χ3n) is 10.6. The molecule has 0 unspecified atom stereocenters. The van der Waals surface area contributed by atoms with Gasteiger partial charge in [0.25, 0.3) is 0 Å². The van der Waals surface area contributed by atoms with Crippen LogP contribution in [0, 0.1) is 0 Å². The van der Waals surface area contributed by atoms with Crippen molar-refractivity contribution in [2.24, 2.45) is 0 Å². The van der Waals surface area contributed by atoms with E-state index in [1.807, 2.05) is 0 Å². The lowest BCUT2D eigenvalue weighted by molar-refractivity contribution is 0.666. The summed E-state index contributed by atoms with van der Waals surface area (Å²) in [6.07, 6.45) is 0. The highest BCUT2D eigenvalue weighted by Gasteiger charge is 2.24. The zero-order valence-electron chi connectivity index (χ0n) is 28.7. The van der Waals surface area contributed by atoms with Crippen molar-refractivity contribution in [3.63, 3.8) is 0 Å². The monoisotopic (exact) mass is 677 g/mol. The summed E-state index contributed by atoms with van der Waals surface area (Å²) in [6, 6.07) is 66.6. The predicted molar refractivity (Wildman–Crippen MR) is 222 cm³/mol. The molecule has 11 rings (SSSR count). The van der Waals surface area contributed by atoms with Gasteiger partial charge in [-0.25, -0.2) is 0 Å². The smallest absolute Gasteiger partial charge is 0.159 e.